The third-order valence-electron chi connectivity index (χ3n) is 2.42. The van der Waals surface area contributed by atoms with E-state index in [1.165, 1.54) is 7.11 Å². The monoisotopic (exact) mass is 246 g/mol. The predicted octanol–water partition coefficient (Wildman–Crippen LogP) is 3.20. The molecule has 0 N–H and O–H groups in total. The van der Waals surface area contributed by atoms with Crippen LogP contribution in [0.2, 0.25) is 0 Å². The molecule has 1 atom stereocenters. The van der Waals surface area contributed by atoms with Gasteiger partial charge in [-0.3, -0.25) is 0 Å². The maximum atomic E-state index is 11.6. The predicted molar refractivity (Wildman–Crippen MR) is 74.3 cm³/mol. The average molecular weight is 246 g/mol. The van der Waals surface area contributed by atoms with Crippen molar-refractivity contribution in [3.05, 3.63) is 60.2 Å². The lowest BCUT2D eigenvalue weighted by molar-refractivity contribution is 0.0601. The first kappa shape index (κ1) is 13.4. The van der Waals surface area contributed by atoms with Crippen LogP contribution >= 0.6 is 9.90 Å². The molecule has 2 aromatic rings. The molecule has 2 rings (SSSR count). The van der Waals surface area contributed by atoms with E-state index in [0.717, 1.165) is 11.1 Å². The van der Waals surface area contributed by atoms with Gasteiger partial charge in [0.2, 0.25) is 0 Å². The SMILES string of the molecule is COC(=O)c1ccccc1-c1ccccc1.P. The van der Waals surface area contributed by atoms with Gasteiger partial charge in [-0.1, -0.05) is 48.5 Å². The van der Waals surface area contributed by atoms with Crippen LogP contribution in [0, 0.1) is 0 Å². The fourth-order valence-electron chi connectivity index (χ4n) is 1.64. The summed E-state index contributed by atoms with van der Waals surface area (Å²) in [5, 5.41) is 0. The number of carbonyl (C=O) groups is 1. The van der Waals surface area contributed by atoms with Crippen LogP contribution < -0.4 is 0 Å². The second-order valence-corrected chi connectivity index (χ2v) is 3.40. The van der Waals surface area contributed by atoms with Crippen LogP contribution in [0.3, 0.4) is 0 Å². The van der Waals surface area contributed by atoms with Gasteiger partial charge in [0.15, 0.2) is 0 Å². The van der Waals surface area contributed by atoms with E-state index in [1.54, 1.807) is 6.07 Å². The first-order chi connectivity index (χ1) is 7.83. The highest BCUT2D eigenvalue weighted by Crippen LogP contribution is 2.23. The molecule has 0 aromatic heterocycles. The van der Waals surface area contributed by atoms with Crippen LogP contribution in [0.25, 0.3) is 11.1 Å². The van der Waals surface area contributed by atoms with Gasteiger partial charge in [0.05, 0.1) is 12.7 Å². The zero-order valence-electron chi connectivity index (χ0n) is 9.72. The van der Waals surface area contributed by atoms with Gasteiger partial charge in [-0.2, -0.15) is 9.90 Å². The lowest BCUT2D eigenvalue weighted by Gasteiger charge is -2.07. The summed E-state index contributed by atoms with van der Waals surface area (Å²) in [5.41, 5.74) is 2.51. The van der Waals surface area contributed by atoms with Gasteiger partial charge in [-0.25, -0.2) is 4.79 Å². The number of methoxy groups -OCH3 is 1. The van der Waals surface area contributed by atoms with Crippen LogP contribution in [-0.4, -0.2) is 13.1 Å². The highest BCUT2D eigenvalue weighted by Gasteiger charge is 2.11. The van der Waals surface area contributed by atoms with Crippen molar-refractivity contribution in [2.45, 2.75) is 0 Å². The summed E-state index contributed by atoms with van der Waals surface area (Å²) in [5.74, 6) is -0.306. The summed E-state index contributed by atoms with van der Waals surface area (Å²) in [4.78, 5) is 11.6. The highest BCUT2D eigenvalue weighted by atomic mass is 31.0. The van der Waals surface area contributed by atoms with E-state index >= 15 is 0 Å². The number of ether oxygens (including phenoxy) is 1. The van der Waals surface area contributed by atoms with Gasteiger partial charge in [0, 0.05) is 0 Å². The van der Waals surface area contributed by atoms with E-state index in [9.17, 15) is 4.79 Å². The Balaban J connectivity index is 0.00000144. The van der Waals surface area contributed by atoms with Gasteiger partial charge in [0.1, 0.15) is 0 Å². The van der Waals surface area contributed by atoms with Gasteiger partial charge < -0.3 is 4.74 Å². The van der Waals surface area contributed by atoms with Crippen LogP contribution in [0.15, 0.2) is 54.6 Å². The number of benzene rings is 2. The Morgan fingerprint density at radius 1 is 0.941 bits per heavy atom. The molecule has 17 heavy (non-hydrogen) atoms. The van der Waals surface area contributed by atoms with E-state index in [2.05, 4.69) is 0 Å². The number of hydrogen-bond donors (Lipinski definition) is 0. The molecule has 3 heteroatoms. The lowest BCUT2D eigenvalue weighted by Crippen LogP contribution is -2.03. The number of esters is 1. The average Bonchev–Trinajstić information content (AvgIpc) is 2.39. The van der Waals surface area contributed by atoms with Crippen molar-refractivity contribution in [2.24, 2.45) is 0 Å². The Morgan fingerprint density at radius 3 is 2.18 bits per heavy atom. The molecule has 88 valence electrons. The topological polar surface area (TPSA) is 26.3 Å². The maximum absolute atomic E-state index is 11.6. The van der Waals surface area contributed by atoms with Crippen molar-refractivity contribution in [3.63, 3.8) is 0 Å². The quantitative estimate of drug-likeness (QED) is 0.601. The smallest absolute Gasteiger partial charge is 0.338 e. The third kappa shape index (κ3) is 2.92. The molecule has 0 saturated heterocycles. The molecule has 0 aliphatic rings. The molecule has 0 fully saturated rings. The number of carbonyl (C=O) groups excluding carboxylic acids is 1. The standard InChI is InChI=1S/C14H12O2.H3P/c1-16-14(15)13-10-6-5-9-12(13)11-7-3-2-4-8-11;/h2-10H,1H3;1H3. The zero-order chi connectivity index (χ0) is 11.4. The summed E-state index contributed by atoms with van der Waals surface area (Å²) >= 11 is 0. The van der Waals surface area contributed by atoms with Crippen LogP contribution in [0.1, 0.15) is 10.4 Å². The normalized spacial score (nSPS) is 9.24. The first-order valence-corrected chi connectivity index (χ1v) is 5.05. The Kier molecular flexibility index (Phi) is 4.86. The molecule has 0 saturated carbocycles. The molecule has 2 nitrogen and oxygen atoms in total. The van der Waals surface area contributed by atoms with Gasteiger partial charge in [-0.15, -0.1) is 0 Å². The molecular formula is C14H15O2P. The van der Waals surface area contributed by atoms with Gasteiger partial charge in [-0.05, 0) is 17.2 Å². The summed E-state index contributed by atoms with van der Waals surface area (Å²) in [6.45, 7) is 0. The molecule has 0 spiro atoms. The van der Waals surface area contributed by atoms with E-state index in [4.69, 9.17) is 4.74 Å². The van der Waals surface area contributed by atoms with Crippen LogP contribution in [0.4, 0.5) is 0 Å². The molecule has 0 bridgehead atoms. The third-order valence-corrected chi connectivity index (χ3v) is 2.42. The van der Waals surface area contributed by atoms with Crippen LogP contribution in [0.5, 0.6) is 0 Å². The first-order valence-electron chi connectivity index (χ1n) is 5.05. The maximum Gasteiger partial charge on any atom is 0.338 e. The molecular weight excluding hydrogens is 231 g/mol. The van der Waals surface area contributed by atoms with Crippen molar-refractivity contribution in [3.8, 4) is 11.1 Å². The summed E-state index contributed by atoms with van der Waals surface area (Å²) < 4.78 is 4.76. The van der Waals surface area contributed by atoms with Gasteiger partial charge in [0.25, 0.3) is 0 Å². The van der Waals surface area contributed by atoms with Crippen molar-refractivity contribution in [1.29, 1.82) is 0 Å². The van der Waals surface area contributed by atoms with E-state index in [-0.39, 0.29) is 15.9 Å². The van der Waals surface area contributed by atoms with Crippen LogP contribution in [-0.2, 0) is 4.74 Å². The second-order valence-electron chi connectivity index (χ2n) is 3.40. The molecule has 1 unspecified atom stereocenters. The van der Waals surface area contributed by atoms with Crippen molar-refractivity contribution >= 4 is 15.9 Å². The fourth-order valence-corrected chi connectivity index (χ4v) is 1.64. The lowest BCUT2D eigenvalue weighted by atomic mass is 10.00. The Bertz CT molecular complexity index is 495. The van der Waals surface area contributed by atoms with Crippen molar-refractivity contribution in [2.75, 3.05) is 7.11 Å². The van der Waals surface area contributed by atoms with E-state index < -0.39 is 0 Å². The van der Waals surface area contributed by atoms with E-state index in [0.29, 0.717) is 5.56 Å². The summed E-state index contributed by atoms with van der Waals surface area (Å²) in [6.07, 6.45) is 0. The van der Waals surface area contributed by atoms with Gasteiger partial charge >= 0.3 is 5.97 Å². The Labute approximate surface area is 104 Å². The minimum absolute atomic E-state index is 0. The van der Waals surface area contributed by atoms with E-state index in [1.807, 2.05) is 48.5 Å². The molecule has 0 radical (unpaired) electrons. The Hall–Kier alpha value is -1.66. The minimum atomic E-state index is -0.306. The largest absolute Gasteiger partial charge is 0.465 e. The van der Waals surface area contributed by atoms with Crippen molar-refractivity contribution in [1.82, 2.24) is 0 Å². The number of hydrogen-bond acceptors (Lipinski definition) is 2. The highest BCUT2D eigenvalue weighted by molar-refractivity contribution is 6.92. The molecule has 0 heterocycles. The minimum Gasteiger partial charge on any atom is -0.465 e. The molecule has 0 amide bonds. The molecule has 2 aromatic carbocycles. The second kappa shape index (κ2) is 6.17. The molecule has 0 aliphatic carbocycles. The fraction of sp³-hybridized carbons (Fsp3) is 0.0714. The van der Waals surface area contributed by atoms with Crippen molar-refractivity contribution < 1.29 is 9.53 Å². The number of rotatable bonds is 2. The Morgan fingerprint density at radius 2 is 1.53 bits per heavy atom. The summed E-state index contributed by atoms with van der Waals surface area (Å²) in [7, 11) is 1.39. The molecule has 0 aliphatic heterocycles. The summed E-state index contributed by atoms with van der Waals surface area (Å²) in [6, 6.07) is 17.2. The zero-order valence-corrected chi connectivity index (χ0v) is 11.1.